The molecule has 1 aromatic heterocycles. The quantitative estimate of drug-likeness (QED) is 0.0768. The summed E-state index contributed by atoms with van der Waals surface area (Å²) in [7, 11) is -2.40. The number of fused-ring (bicyclic) bond motifs is 7. The van der Waals surface area contributed by atoms with E-state index in [0.29, 0.717) is 75.8 Å². The fourth-order valence-corrected chi connectivity index (χ4v) is 19.8. The number of rotatable bonds is 10. The summed E-state index contributed by atoms with van der Waals surface area (Å²) < 4.78 is 63.9. The standard InChI is InChI=1S/C64H73F3N6O3Si/c1-38(2)77(39(3)4,40(5)6)29-26-49-52(66)24-22-44-31-47(68-57(42-18-13-11-14-19-42)43-20-15-12-16-21-43)33-50(54(44)49)51-32-45-30-41(7)59-53-25-23-48(73(53)62(74)76-63(8,9)10)36-72(59)60-55(45)58(56(51)67)69-61(70-60)75-37-64-27-17-28-71(64)35-46(65)34-64/h11-16,18-22,24,31-33,38-41,46,48,53,59H,17,23,25,27-28,30,34-37H2,1-10H3/t41-,46+,48+,53-,59-,64-/m0/s1. The predicted octanol–water partition coefficient (Wildman–Crippen LogP) is 14.6. The normalized spacial score (nSPS) is 23.1. The van der Waals surface area contributed by atoms with Crippen LogP contribution in [0.15, 0.2) is 96.0 Å². The predicted molar refractivity (Wildman–Crippen MR) is 306 cm³/mol. The number of hydrogen-bond acceptors (Lipinski definition) is 8. The van der Waals surface area contributed by atoms with E-state index in [4.69, 9.17) is 24.4 Å². The smallest absolute Gasteiger partial charge is 0.410 e. The number of piperazine rings is 1. The van der Waals surface area contributed by atoms with Crippen LogP contribution in [0.5, 0.6) is 6.01 Å². The molecule has 2 bridgehead atoms. The van der Waals surface area contributed by atoms with Crippen molar-refractivity contribution in [2.45, 2.75) is 160 Å². The maximum absolute atomic E-state index is 18.9. The number of halogens is 3. The molecule has 5 aliphatic rings. The summed E-state index contributed by atoms with van der Waals surface area (Å²) >= 11 is 0. The maximum Gasteiger partial charge on any atom is 0.410 e. The van der Waals surface area contributed by atoms with Crippen molar-refractivity contribution in [3.05, 3.63) is 125 Å². The van der Waals surface area contributed by atoms with Crippen molar-refractivity contribution in [2.24, 2.45) is 10.9 Å². The lowest BCUT2D eigenvalue weighted by molar-refractivity contribution is 0.00490. The highest BCUT2D eigenvalue weighted by Crippen LogP contribution is 2.49. The molecule has 13 heteroatoms. The second-order valence-corrected chi connectivity index (χ2v) is 30.3. The summed E-state index contributed by atoms with van der Waals surface area (Å²) in [5.74, 6) is 2.92. The molecule has 6 atom stereocenters. The molecule has 4 fully saturated rings. The first kappa shape index (κ1) is 52.8. The summed E-state index contributed by atoms with van der Waals surface area (Å²) in [5, 5.41) is 1.76. The summed E-state index contributed by atoms with van der Waals surface area (Å²) in [6.07, 6.45) is 2.86. The molecular formula is C64H73F3N6O3Si. The van der Waals surface area contributed by atoms with Gasteiger partial charge in [0.15, 0.2) is 5.82 Å². The van der Waals surface area contributed by atoms with Crippen LogP contribution < -0.4 is 9.64 Å². The van der Waals surface area contributed by atoms with Crippen LogP contribution in [0.4, 0.5) is 29.5 Å². The van der Waals surface area contributed by atoms with Crippen LogP contribution in [-0.4, -0.2) is 101 Å². The highest BCUT2D eigenvalue weighted by Gasteiger charge is 2.54. The van der Waals surface area contributed by atoms with Gasteiger partial charge >= 0.3 is 12.1 Å². The molecular weight excluding hydrogens is 986 g/mol. The summed E-state index contributed by atoms with van der Waals surface area (Å²) in [4.78, 5) is 36.2. The fourth-order valence-electron chi connectivity index (χ4n) is 14.6. The van der Waals surface area contributed by atoms with Gasteiger partial charge in [-0.3, -0.25) is 9.80 Å². The van der Waals surface area contributed by atoms with Gasteiger partial charge in [-0.15, -0.1) is 5.54 Å². The molecule has 0 aliphatic carbocycles. The number of amides is 1. The molecule has 402 valence electrons. The Balaban J connectivity index is 1.16. The van der Waals surface area contributed by atoms with E-state index in [0.717, 1.165) is 54.6 Å². The number of carbonyl (C=O) groups excluding carboxylic acids is 1. The molecule has 9 nitrogen and oxygen atoms in total. The zero-order chi connectivity index (χ0) is 54.3. The van der Waals surface area contributed by atoms with E-state index in [2.05, 4.69) is 69.7 Å². The van der Waals surface area contributed by atoms with Crippen LogP contribution in [0.1, 0.15) is 124 Å². The number of benzene rings is 5. The summed E-state index contributed by atoms with van der Waals surface area (Å²) in [6.45, 7) is 23.1. The second kappa shape index (κ2) is 20.2. The van der Waals surface area contributed by atoms with Crippen molar-refractivity contribution in [1.29, 1.82) is 0 Å². The Bertz CT molecular complexity index is 3290. The van der Waals surface area contributed by atoms with Crippen molar-refractivity contribution in [1.82, 2.24) is 19.8 Å². The highest BCUT2D eigenvalue weighted by atomic mass is 28.3. The SMILES string of the molecule is CC(C)[Si](C#Cc1c(F)ccc2cc(N=C(c3ccccc3)c3ccccc3)cc(-c3cc4c5c(nc(OC[C@@]67CCCN6C[C@H](F)C7)nc5c3F)N3C[C@H]5CC[C@@H]([C@@H]3[C@@H](C)C4)N5C(=O)OC(C)(C)C)c12)(C(C)C)C(C)C. The van der Waals surface area contributed by atoms with Crippen LogP contribution in [0.3, 0.4) is 0 Å². The van der Waals surface area contributed by atoms with E-state index < -0.39 is 37.0 Å². The lowest BCUT2D eigenvalue weighted by atomic mass is 9.86. The number of aliphatic imine (C=N–C) groups is 1. The van der Waals surface area contributed by atoms with Gasteiger partial charge in [0.1, 0.15) is 43.6 Å². The Hall–Kier alpha value is -6.23. The van der Waals surface area contributed by atoms with Crippen molar-refractivity contribution in [2.75, 3.05) is 31.1 Å². The molecule has 4 saturated heterocycles. The molecule has 0 N–H and O–H groups in total. The minimum atomic E-state index is -2.40. The van der Waals surface area contributed by atoms with Crippen LogP contribution in [0.25, 0.3) is 32.8 Å². The Labute approximate surface area is 453 Å². The molecule has 0 spiro atoms. The van der Waals surface area contributed by atoms with Crippen molar-refractivity contribution in [3.8, 4) is 28.6 Å². The van der Waals surface area contributed by atoms with Crippen LogP contribution in [-0.2, 0) is 11.2 Å². The number of nitrogens with zero attached hydrogens (tertiary/aromatic N) is 6. The molecule has 11 rings (SSSR count). The number of hydrogen-bond donors (Lipinski definition) is 0. The lowest BCUT2D eigenvalue weighted by Gasteiger charge is -2.49. The molecule has 0 unspecified atom stereocenters. The van der Waals surface area contributed by atoms with Gasteiger partial charge in [0.05, 0.1) is 40.6 Å². The van der Waals surface area contributed by atoms with E-state index in [1.165, 1.54) is 6.07 Å². The minimum absolute atomic E-state index is 0.0155. The highest BCUT2D eigenvalue weighted by molar-refractivity contribution is 6.90. The van der Waals surface area contributed by atoms with Crippen LogP contribution in [0.2, 0.25) is 16.6 Å². The van der Waals surface area contributed by atoms with Crippen LogP contribution in [0, 0.1) is 29.0 Å². The molecule has 6 aromatic rings. The molecule has 0 saturated carbocycles. The van der Waals surface area contributed by atoms with Crippen molar-refractivity contribution in [3.63, 3.8) is 0 Å². The van der Waals surface area contributed by atoms with Gasteiger partial charge in [0.2, 0.25) is 0 Å². The Morgan fingerprint density at radius 3 is 2.22 bits per heavy atom. The van der Waals surface area contributed by atoms with E-state index in [1.807, 2.05) is 105 Å². The summed E-state index contributed by atoms with van der Waals surface area (Å²) in [6, 6.07) is 28.4. The third-order valence-corrected chi connectivity index (χ3v) is 24.1. The largest absolute Gasteiger partial charge is 0.461 e. The first-order chi connectivity index (χ1) is 36.8. The zero-order valence-electron chi connectivity index (χ0n) is 46.4. The molecule has 5 aliphatic heterocycles. The van der Waals surface area contributed by atoms with E-state index in [9.17, 15) is 4.79 Å². The average Bonchev–Trinajstić information content (AvgIpc) is 4.15. The lowest BCUT2D eigenvalue weighted by Crippen LogP contribution is -2.63. The van der Waals surface area contributed by atoms with E-state index in [1.54, 1.807) is 6.07 Å². The summed E-state index contributed by atoms with van der Waals surface area (Å²) in [5.41, 5.74) is 8.41. The van der Waals surface area contributed by atoms with E-state index >= 15 is 13.2 Å². The van der Waals surface area contributed by atoms with Crippen LogP contribution >= 0.6 is 0 Å². The first-order valence-corrected chi connectivity index (χ1v) is 30.3. The van der Waals surface area contributed by atoms with Gasteiger partial charge in [-0.1, -0.05) is 121 Å². The van der Waals surface area contributed by atoms with Gasteiger partial charge < -0.3 is 14.4 Å². The topological polar surface area (TPSA) is 83.4 Å². The molecule has 0 radical (unpaired) electrons. The molecule has 77 heavy (non-hydrogen) atoms. The van der Waals surface area contributed by atoms with Gasteiger partial charge in [0, 0.05) is 47.0 Å². The molecule has 6 heterocycles. The molecule has 5 aromatic carbocycles. The Morgan fingerprint density at radius 1 is 0.870 bits per heavy atom. The van der Waals surface area contributed by atoms with Gasteiger partial charge in [-0.25, -0.2) is 23.0 Å². The maximum atomic E-state index is 18.9. The van der Waals surface area contributed by atoms with Crippen molar-refractivity contribution < 1.29 is 27.4 Å². The fraction of sp³-hybridized carbons (Fsp3) is 0.469. The van der Waals surface area contributed by atoms with Gasteiger partial charge in [-0.05, 0) is 123 Å². The van der Waals surface area contributed by atoms with Gasteiger partial charge in [0.25, 0.3) is 0 Å². The van der Waals surface area contributed by atoms with E-state index in [-0.39, 0.29) is 59.4 Å². The Morgan fingerprint density at radius 2 is 1.56 bits per heavy atom. The number of alkyl halides is 1. The molecule has 1 amide bonds. The Kier molecular flexibility index (Phi) is 13.9. The monoisotopic (exact) mass is 1060 g/mol. The third-order valence-electron chi connectivity index (χ3n) is 17.8. The first-order valence-electron chi connectivity index (χ1n) is 28.1. The number of anilines is 1. The third kappa shape index (κ3) is 9.39. The number of carbonyl (C=O) groups is 1. The second-order valence-electron chi connectivity index (χ2n) is 24.7. The number of aromatic nitrogens is 2. The zero-order valence-corrected chi connectivity index (χ0v) is 47.4. The van der Waals surface area contributed by atoms with Gasteiger partial charge in [-0.2, -0.15) is 9.97 Å². The average molecular weight is 1060 g/mol. The minimum Gasteiger partial charge on any atom is -0.461 e. The number of ether oxygens (including phenoxy) is 2. The van der Waals surface area contributed by atoms with Crippen molar-refractivity contribution >= 4 is 53.1 Å².